The van der Waals surface area contributed by atoms with Crippen LogP contribution in [-0.2, 0) is 10.2 Å². The molecule has 1 aliphatic carbocycles. The van der Waals surface area contributed by atoms with Crippen LogP contribution in [-0.4, -0.2) is 42.8 Å². The molecule has 0 saturated carbocycles. The second-order valence-corrected chi connectivity index (χ2v) is 9.34. The van der Waals surface area contributed by atoms with Crippen LogP contribution >= 0.6 is 0 Å². The fraction of sp³-hybridized carbons (Fsp3) is 0.448. The van der Waals surface area contributed by atoms with E-state index < -0.39 is 0 Å². The van der Waals surface area contributed by atoms with Crippen molar-refractivity contribution in [2.75, 3.05) is 38.1 Å². The Labute approximate surface area is 201 Å². The Morgan fingerprint density at radius 2 is 2.09 bits per heavy atom. The molecule has 0 bridgehead atoms. The van der Waals surface area contributed by atoms with E-state index in [4.69, 9.17) is 4.74 Å². The van der Waals surface area contributed by atoms with E-state index in [0.717, 1.165) is 56.0 Å². The minimum Gasteiger partial charge on any atom is -0.508 e. The van der Waals surface area contributed by atoms with Gasteiger partial charge in [-0.2, -0.15) is 0 Å². The van der Waals surface area contributed by atoms with Crippen molar-refractivity contribution in [3.8, 4) is 5.75 Å². The van der Waals surface area contributed by atoms with Crippen molar-refractivity contribution in [1.29, 1.82) is 0 Å². The second kappa shape index (κ2) is 13.1. The molecule has 0 fully saturated rings. The number of benzene rings is 1. The fourth-order valence-corrected chi connectivity index (χ4v) is 3.97. The van der Waals surface area contributed by atoms with Gasteiger partial charge in [-0.3, -0.25) is 4.90 Å². The zero-order valence-electron chi connectivity index (χ0n) is 21.2. The van der Waals surface area contributed by atoms with Crippen LogP contribution < -0.4 is 5.32 Å². The molecule has 2 rings (SSSR count). The normalized spacial score (nSPS) is 14.9. The van der Waals surface area contributed by atoms with Crippen LogP contribution in [0.15, 0.2) is 78.1 Å². The minimum atomic E-state index is -0.153. The molecule has 33 heavy (non-hydrogen) atoms. The average Bonchev–Trinajstić information content (AvgIpc) is 2.81. The standard InChI is InChI=1S/C29H42N2O2/c1-7-9-13-23(3)24(4)21-30-28-17-16-25(32)20-27(28)29(5,6)22-31(8-2)18-19-33-26-14-11-10-12-15-26/h7,9-11,13-14,16-17,20,30,32H,1,8,12,15,18-19,21-22H2,2-6H3/b13-9-,24-23+. The van der Waals surface area contributed by atoms with Crippen LogP contribution in [0.3, 0.4) is 0 Å². The van der Waals surface area contributed by atoms with Crippen molar-refractivity contribution in [3.05, 3.63) is 83.7 Å². The first kappa shape index (κ1) is 26.5. The predicted molar refractivity (Wildman–Crippen MR) is 142 cm³/mol. The lowest BCUT2D eigenvalue weighted by molar-refractivity contribution is 0.141. The highest BCUT2D eigenvalue weighted by molar-refractivity contribution is 5.58. The number of phenolic OH excluding ortho intramolecular Hbond substituents is 1. The number of ether oxygens (including phenoxy) is 1. The van der Waals surface area contributed by atoms with Crippen LogP contribution in [0.5, 0.6) is 5.75 Å². The van der Waals surface area contributed by atoms with Crippen LogP contribution in [0, 0.1) is 0 Å². The van der Waals surface area contributed by atoms with Gasteiger partial charge in [0, 0.05) is 37.2 Å². The first-order chi connectivity index (χ1) is 15.8. The summed E-state index contributed by atoms with van der Waals surface area (Å²) in [5.41, 5.74) is 4.52. The number of nitrogens with zero attached hydrogens (tertiary/aromatic N) is 1. The Kier molecular flexibility index (Phi) is 10.5. The Balaban J connectivity index is 2.08. The second-order valence-electron chi connectivity index (χ2n) is 9.34. The third-order valence-corrected chi connectivity index (χ3v) is 6.17. The van der Waals surface area contributed by atoms with Crippen molar-refractivity contribution in [2.45, 2.75) is 52.9 Å². The summed E-state index contributed by atoms with van der Waals surface area (Å²) in [6, 6.07) is 5.63. The Morgan fingerprint density at radius 3 is 2.76 bits per heavy atom. The summed E-state index contributed by atoms with van der Waals surface area (Å²) in [5.74, 6) is 1.37. The number of likely N-dealkylation sites (N-methyl/N-ethyl adjacent to an activating group) is 1. The molecule has 2 N–H and O–H groups in total. The summed E-state index contributed by atoms with van der Waals surface area (Å²) >= 11 is 0. The molecule has 4 heteroatoms. The average molecular weight is 451 g/mol. The van der Waals surface area contributed by atoms with E-state index in [-0.39, 0.29) is 5.41 Å². The van der Waals surface area contributed by atoms with Gasteiger partial charge in [0.2, 0.25) is 0 Å². The van der Waals surface area contributed by atoms with Gasteiger partial charge in [-0.15, -0.1) is 0 Å². The molecular weight excluding hydrogens is 408 g/mol. The SMILES string of the molecule is C=C/C=C\C(C)=C(/C)CNc1ccc(O)cc1C(C)(C)CN(CC)CCOC1=CC=CCC1. The van der Waals surface area contributed by atoms with E-state index >= 15 is 0 Å². The molecule has 0 heterocycles. The Morgan fingerprint density at radius 1 is 1.30 bits per heavy atom. The molecule has 0 spiro atoms. The van der Waals surface area contributed by atoms with Gasteiger partial charge in [-0.1, -0.05) is 68.9 Å². The van der Waals surface area contributed by atoms with Crippen LogP contribution in [0.1, 0.15) is 53.0 Å². The molecule has 0 atom stereocenters. The third kappa shape index (κ3) is 8.62. The highest BCUT2D eigenvalue weighted by Crippen LogP contribution is 2.34. The largest absolute Gasteiger partial charge is 0.508 e. The summed E-state index contributed by atoms with van der Waals surface area (Å²) in [4.78, 5) is 2.42. The predicted octanol–water partition coefficient (Wildman–Crippen LogP) is 6.73. The monoisotopic (exact) mass is 450 g/mol. The molecule has 0 radical (unpaired) electrons. The Bertz CT molecular complexity index is 906. The molecule has 1 aliphatic rings. The van der Waals surface area contributed by atoms with E-state index in [1.54, 1.807) is 12.1 Å². The summed E-state index contributed by atoms with van der Waals surface area (Å²) in [6.45, 7) is 18.8. The van der Waals surface area contributed by atoms with E-state index in [2.05, 4.69) is 75.7 Å². The topological polar surface area (TPSA) is 44.7 Å². The van der Waals surface area contributed by atoms with Crippen molar-refractivity contribution >= 4 is 5.69 Å². The molecule has 0 aromatic heterocycles. The lowest BCUT2D eigenvalue weighted by atomic mass is 9.82. The number of aromatic hydroxyl groups is 1. The smallest absolute Gasteiger partial charge is 0.116 e. The first-order valence-electron chi connectivity index (χ1n) is 12.0. The van der Waals surface area contributed by atoms with Gasteiger partial charge in [0.25, 0.3) is 0 Å². The highest BCUT2D eigenvalue weighted by Gasteiger charge is 2.27. The molecule has 0 unspecified atom stereocenters. The quantitative estimate of drug-likeness (QED) is 0.258. The zero-order chi connectivity index (χ0) is 24.3. The van der Waals surface area contributed by atoms with Gasteiger partial charge in [-0.05, 0) is 56.7 Å². The molecule has 0 saturated heterocycles. The van der Waals surface area contributed by atoms with E-state index in [1.807, 2.05) is 18.2 Å². The van der Waals surface area contributed by atoms with Gasteiger partial charge in [-0.25, -0.2) is 0 Å². The molecular formula is C29H42N2O2. The number of phenols is 1. The summed E-state index contributed by atoms with van der Waals surface area (Å²) in [7, 11) is 0. The molecule has 0 amide bonds. The maximum Gasteiger partial charge on any atom is 0.116 e. The van der Waals surface area contributed by atoms with E-state index in [0.29, 0.717) is 12.4 Å². The molecule has 4 nitrogen and oxygen atoms in total. The minimum absolute atomic E-state index is 0.153. The maximum atomic E-state index is 10.2. The van der Waals surface area contributed by atoms with Crippen LogP contribution in [0.4, 0.5) is 5.69 Å². The van der Waals surface area contributed by atoms with Crippen molar-refractivity contribution < 1.29 is 9.84 Å². The highest BCUT2D eigenvalue weighted by atomic mass is 16.5. The van der Waals surface area contributed by atoms with Crippen LogP contribution in [0.25, 0.3) is 0 Å². The number of rotatable bonds is 13. The van der Waals surface area contributed by atoms with Gasteiger partial charge >= 0.3 is 0 Å². The van der Waals surface area contributed by atoms with Crippen molar-refractivity contribution in [3.63, 3.8) is 0 Å². The molecule has 1 aromatic rings. The van der Waals surface area contributed by atoms with Gasteiger partial charge in [0.15, 0.2) is 0 Å². The van der Waals surface area contributed by atoms with E-state index in [9.17, 15) is 5.11 Å². The number of hydrogen-bond donors (Lipinski definition) is 2. The first-order valence-corrected chi connectivity index (χ1v) is 12.0. The number of hydrogen-bond acceptors (Lipinski definition) is 4. The van der Waals surface area contributed by atoms with Crippen molar-refractivity contribution in [1.82, 2.24) is 4.90 Å². The molecule has 180 valence electrons. The number of allylic oxidation sites excluding steroid dienone is 8. The third-order valence-electron chi connectivity index (χ3n) is 6.17. The molecule has 0 aliphatic heterocycles. The summed E-state index contributed by atoms with van der Waals surface area (Å²) < 4.78 is 5.99. The zero-order valence-corrected chi connectivity index (χ0v) is 21.2. The van der Waals surface area contributed by atoms with Crippen molar-refractivity contribution in [2.24, 2.45) is 0 Å². The van der Waals surface area contributed by atoms with Crippen LogP contribution in [0.2, 0.25) is 0 Å². The lowest BCUT2D eigenvalue weighted by Crippen LogP contribution is -2.39. The fourth-order valence-electron chi connectivity index (χ4n) is 3.97. The lowest BCUT2D eigenvalue weighted by Gasteiger charge is -2.34. The van der Waals surface area contributed by atoms with E-state index in [1.165, 1.54) is 11.1 Å². The summed E-state index contributed by atoms with van der Waals surface area (Å²) in [6.07, 6.45) is 14.2. The number of nitrogens with one attached hydrogen (secondary N) is 1. The molecule has 1 aromatic carbocycles. The summed E-state index contributed by atoms with van der Waals surface area (Å²) in [5, 5.41) is 13.8. The maximum absolute atomic E-state index is 10.2. The van der Waals surface area contributed by atoms with Gasteiger partial charge in [0.1, 0.15) is 12.4 Å². The van der Waals surface area contributed by atoms with Gasteiger partial charge in [0.05, 0.1) is 5.76 Å². The Hall–Kier alpha value is -2.72. The van der Waals surface area contributed by atoms with Gasteiger partial charge < -0.3 is 15.2 Å². The number of anilines is 1.